The summed E-state index contributed by atoms with van der Waals surface area (Å²) in [5, 5.41) is 0.895. The fourth-order valence-electron chi connectivity index (χ4n) is 2.18. The summed E-state index contributed by atoms with van der Waals surface area (Å²) >= 11 is 3.50. The van der Waals surface area contributed by atoms with Crippen molar-refractivity contribution in [2.75, 3.05) is 5.33 Å². The smallest absolute Gasteiger partial charge is 0.228 e. The second-order valence-corrected chi connectivity index (χ2v) is 5.51. The summed E-state index contributed by atoms with van der Waals surface area (Å²) in [6.45, 7) is 8.37. The molecule has 1 rings (SSSR count). The van der Waals surface area contributed by atoms with E-state index in [4.69, 9.17) is 0 Å². The molecule has 2 nitrogen and oxygen atoms in total. The van der Waals surface area contributed by atoms with E-state index in [0.29, 0.717) is 18.0 Å². The highest BCUT2D eigenvalue weighted by molar-refractivity contribution is 9.09. The quantitative estimate of drug-likeness (QED) is 0.716. The van der Waals surface area contributed by atoms with Gasteiger partial charge in [-0.25, -0.2) is 0 Å². The minimum Gasteiger partial charge on any atom is -0.336 e. The molecule has 0 bridgehead atoms. The summed E-state index contributed by atoms with van der Waals surface area (Å²) in [6.07, 6.45) is 2.01. The van der Waals surface area contributed by atoms with Crippen LogP contribution >= 0.6 is 15.9 Å². The Kier molecular flexibility index (Phi) is 3.62. The van der Waals surface area contributed by atoms with E-state index < -0.39 is 0 Å². The molecule has 0 saturated carbocycles. The van der Waals surface area contributed by atoms with E-state index in [1.165, 1.54) is 0 Å². The number of likely N-dealkylation sites (tertiary alicyclic amines) is 1. The molecule has 0 spiro atoms. The second kappa shape index (κ2) is 4.21. The Morgan fingerprint density at radius 1 is 1.64 bits per heavy atom. The molecule has 3 heteroatoms. The number of carbonyl (C=O) groups excluding carboxylic acids is 1. The van der Waals surface area contributed by atoms with Gasteiger partial charge in [0.25, 0.3) is 0 Å². The van der Waals surface area contributed by atoms with Crippen LogP contribution in [0.3, 0.4) is 0 Å². The van der Waals surface area contributed by atoms with Gasteiger partial charge in [-0.05, 0) is 19.8 Å². The first-order valence-electron chi connectivity index (χ1n) is 5.32. The van der Waals surface area contributed by atoms with Crippen LogP contribution in [0.25, 0.3) is 0 Å². The van der Waals surface area contributed by atoms with Gasteiger partial charge in [0.15, 0.2) is 0 Å². The van der Waals surface area contributed by atoms with Crippen LogP contribution in [0.5, 0.6) is 0 Å². The molecule has 0 N–H and O–H groups in total. The van der Waals surface area contributed by atoms with Crippen molar-refractivity contribution in [3.8, 4) is 0 Å². The number of carbonyl (C=O) groups is 1. The van der Waals surface area contributed by atoms with Gasteiger partial charge in [0.05, 0.1) is 0 Å². The molecule has 1 amide bonds. The van der Waals surface area contributed by atoms with Gasteiger partial charge in [0, 0.05) is 22.8 Å². The SMILES string of the molecule is CCC(C)N1C(=O)C(C)(C)CC1CBr. The Hall–Kier alpha value is -0.0500. The van der Waals surface area contributed by atoms with E-state index in [2.05, 4.69) is 34.7 Å². The van der Waals surface area contributed by atoms with Gasteiger partial charge in [-0.3, -0.25) is 4.79 Å². The standard InChI is InChI=1S/C11H20BrNO/c1-5-8(2)13-9(7-12)6-11(3,4)10(13)14/h8-9H,5-7H2,1-4H3. The van der Waals surface area contributed by atoms with Crippen molar-refractivity contribution in [2.45, 2.75) is 52.6 Å². The van der Waals surface area contributed by atoms with E-state index in [-0.39, 0.29) is 5.41 Å². The number of amides is 1. The van der Waals surface area contributed by atoms with Crippen LogP contribution in [-0.4, -0.2) is 28.2 Å². The Labute approximate surface area is 95.2 Å². The van der Waals surface area contributed by atoms with Crippen LogP contribution in [-0.2, 0) is 4.79 Å². The lowest BCUT2D eigenvalue weighted by Crippen LogP contribution is -2.42. The van der Waals surface area contributed by atoms with Gasteiger partial charge in [-0.1, -0.05) is 36.7 Å². The van der Waals surface area contributed by atoms with E-state index in [0.717, 1.165) is 18.2 Å². The zero-order valence-electron chi connectivity index (χ0n) is 9.51. The number of halogens is 1. The third kappa shape index (κ3) is 1.97. The summed E-state index contributed by atoms with van der Waals surface area (Å²) in [5.74, 6) is 0.316. The lowest BCUT2D eigenvalue weighted by Gasteiger charge is -2.29. The maximum Gasteiger partial charge on any atom is 0.228 e. The van der Waals surface area contributed by atoms with Crippen molar-refractivity contribution < 1.29 is 4.79 Å². The minimum absolute atomic E-state index is 0.165. The Morgan fingerprint density at radius 3 is 2.64 bits per heavy atom. The number of rotatable bonds is 3. The molecule has 0 aromatic heterocycles. The van der Waals surface area contributed by atoms with E-state index in [9.17, 15) is 4.79 Å². The Bertz CT molecular complexity index is 227. The Morgan fingerprint density at radius 2 is 2.21 bits per heavy atom. The monoisotopic (exact) mass is 261 g/mol. The number of hydrogen-bond donors (Lipinski definition) is 0. The first-order valence-corrected chi connectivity index (χ1v) is 6.45. The Balaban J connectivity index is 2.86. The zero-order valence-corrected chi connectivity index (χ0v) is 11.1. The van der Waals surface area contributed by atoms with Gasteiger partial charge in [-0.15, -0.1) is 0 Å². The van der Waals surface area contributed by atoms with Gasteiger partial charge in [0.2, 0.25) is 5.91 Å². The highest BCUT2D eigenvalue weighted by Crippen LogP contribution is 2.37. The van der Waals surface area contributed by atoms with Crippen LogP contribution in [0.1, 0.15) is 40.5 Å². The molecule has 0 aliphatic carbocycles. The number of nitrogens with zero attached hydrogens (tertiary/aromatic N) is 1. The summed E-state index contributed by atoms with van der Waals surface area (Å²) in [7, 11) is 0. The van der Waals surface area contributed by atoms with Crippen molar-refractivity contribution >= 4 is 21.8 Å². The molecule has 2 unspecified atom stereocenters. The van der Waals surface area contributed by atoms with Gasteiger partial charge in [-0.2, -0.15) is 0 Å². The summed E-state index contributed by atoms with van der Waals surface area (Å²) in [4.78, 5) is 14.2. The first-order chi connectivity index (χ1) is 6.44. The summed E-state index contributed by atoms with van der Waals surface area (Å²) < 4.78 is 0. The predicted octanol–water partition coefficient (Wildman–Crippen LogP) is 2.81. The minimum atomic E-state index is -0.165. The molecule has 14 heavy (non-hydrogen) atoms. The van der Waals surface area contributed by atoms with Gasteiger partial charge >= 0.3 is 0 Å². The van der Waals surface area contributed by atoms with Crippen LogP contribution < -0.4 is 0 Å². The average Bonchev–Trinajstić information content (AvgIpc) is 2.37. The maximum absolute atomic E-state index is 12.1. The van der Waals surface area contributed by atoms with Crippen LogP contribution in [0, 0.1) is 5.41 Å². The highest BCUT2D eigenvalue weighted by Gasteiger charge is 2.45. The van der Waals surface area contributed by atoms with Gasteiger partial charge < -0.3 is 4.90 Å². The average molecular weight is 262 g/mol. The van der Waals surface area contributed by atoms with Crippen LogP contribution in [0.2, 0.25) is 0 Å². The molecule has 1 fully saturated rings. The van der Waals surface area contributed by atoms with Crippen molar-refractivity contribution in [1.29, 1.82) is 0 Å². The molecule has 2 atom stereocenters. The molecular weight excluding hydrogens is 242 g/mol. The number of hydrogen-bond acceptors (Lipinski definition) is 1. The lowest BCUT2D eigenvalue weighted by atomic mass is 9.90. The van der Waals surface area contributed by atoms with Crippen molar-refractivity contribution in [3.63, 3.8) is 0 Å². The molecule has 0 radical (unpaired) electrons. The third-order valence-corrected chi connectivity index (χ3v) is 3.94. The van der Waals surface area contributed by atoms with Crippen LogP contribution in [0.15, 0.2) is 0 Å². The summed E-state index contributed by atoms with van der Waals surface area (Å²) in [5.41, 5.74) is -0.165. The van der Waals surface area contributed by atoms with E-state index >= 15 is 0 Å². The third-order valence-electron chi connectivity index (χ3n) is 3.20. The molecule has 1 aliphatic rings. The van der Waals surface area contributed by atoms with E-state index in [1.54, 1.807) is 0 Å². The normalized spacial score (nSPS) is 28.2. The number of alkyl halides is 1. The topological polar surface area (TPSA) is 20.3 Å². The molecule has 82 valence electrons. The largest absolute Gasteiger partial charge is 0.336 e. The van der Waals surface area contributed by atoms with Crippen LogP contribution in [0.4, 0.5) is 0 Å². The summed E-state index contributed by atoms with van der Waals surface area (Å²) in [6, 6.07) is 0.749. The molecule has 0 aromatic carbocycles. The first kappa shape index (κ1) is 12.0. The molecular formula is C11H20BrNO. The van der Waals surface area contributed by atoms with Crippen molar-refractivity contribution in [2.24, 2.45) is 5.41 Å². The zero-order chi connectivity index (χ0) is 10.9. The van der Waals surface area contributed by atoms with E-state index in [1.807, 2.05) is 13.8 Å². The molecule has 1 saturated heterocycles. The molecule has 0 aromatic rings. The second-order valence-electron chi connectivity index (χ2n) is 4.87. The van der Waals surface area contributed by atoms with Gasteiger partial charge in [0.1, 0.15) is 0 Å². The van der Waals surface area contributed by atoms with Crippen molar-refractivity contribution in [1.82, 2.24) is 4.90 Å². The lowest BCUT2D eigenvalue weighted by molar-refractivity contribution is -0.137. The molecule has 1 heterocycles. The fourth-order valence-corrected chi connectivity index (χ4v) is 2.72. The maximum atomic E-state index is 12.1. The highest BCUT2D eigenvalue weighted by atomic mass is 79.9. The molecule has 1 aliphatic heterocycles. The fraction of sp³-hybridized carbons (Fsp3) is 0.909. The van der Waals surface area contributed by atoms with Crippen molar-refractivity contribution in [3.05, 3.63) is 0 Å². The predicted molar refractivity (Wildman–Crippen MR) is 62.6 cm³/mol.